The van der Waals surface area contributed by atoms with Crippen LogP contribution in [0, 0.1) is 5.92 Å². The van der Waals surface area contributed by atoms with Gasteiger partial charge in [0.05, 0.1) is 26.7 Å². The predicted molar refractivity (Wildman–Crippen MR) is 79.9 cm³/mol. The Balaban J connectivity index is 2.72. The van der Waals surface area contributed by atoms with Gasteiger partial charge in [-0.2, -0.15) is 0 Å². The number of benzene rings is 1. The molecule has 0 fully saturated rings. The van der Waals surface area contributed by atoms with Crippen molar-refractivity contribution in [2.24, 2.45) is 5.92 Å². The van der Waals surface area contributed by atoms with Gasteiger partial charge in [-0.15, -0.1) is 0 Å². The number of hydrogen-bond acceptors (Lipinski definition) is 2. The molecule has 0 heterocycles. The van der Waals surface area contributed by atoms with Gasteiger partial charge in [-0.25, -0.2) is 4.79 Å². The lowest BCUT2D eigenvalue weighted by Gasteiger charge is -2.18. The normalized spacial score (nSPS) is 13.4. The minimum Gasteiger partial charge on any atom is -0.481 e. The van der Waals surface area contributed by atoms with Gasteiger partial charge >= 0.3 is 12.0 Å². The van der Waals surface area contributed by atoms with E-state index in [1.165, 1.54) is 19.1 Å². The fourth-order valence-corrected chi connectivity index (χ4v) is 1.92. The number of urea groups is 1. The van der Waals surface area contributed by atoms with E-state index >= 15 is 0 Å². The van der Waals surface area contributed by atoms with Crippen LogP contribution in [0.3, 0.4) is 0 Å². The lowest BCUT2D eigenvalue weighted by atomic mass is 10.0. The van der Waals surface area contributed by atoms with Crippen molar-refractivity contribution in [3.05, 3.63) is 27.2 Å². The van der Waals surface area contributed by atoms with Crippen molar-refractivity contribution in [1.29, 1.82) is 0 Å². The van der Waals surface area contributed by atoms with Crippen molar-refractivity contribution in [3.8, 4) is 0 Å². The van der Waals surface area contributed by atoms with Gasteiger partial charge in [0.15, 0.2) is 0 Å². The van der Waals surface area contributed by atoms with Gasteiger partial charge in [0.1, 0.15) is 0 Å². The first-order valence-electron chi connectivity index (χ1n) is 5.67. The van der Waals surface area contributed by atoms with Crippen molar-refractivity contribution < 1.29 is 14.7 Å². The molecule has 0 aromatic heterocycles. The number of carboxylic acids is 1. The first-order chi connectivity index (χ1) is 9.22. The molecule has 110 valence electrons. The third-order valence-corrected chi connectivity index (χ3v) is 3.79. The lowest BCUT2D eigenvalue weighted by molar-refractivity contribution is -0.141. The molecule has 3 N–H and O–H groups in total. The van der Waals surface area contributed by atoms with Crippen molar-refractivity contribution in [2.45, 2.75) is 19.9 Å². The maximum absolute atomic E-state index is 11.7. The smallest absolute Gasteiger partial charge is 0.319 e. The van der Waals surface area contributed by atoms with Crippen LogP contribution in [0.5, 0.6) is 0 Å². The number of aliphatic carboxylic acids is 1. The number of carbonyl (C=O) groups excluding carboxylic acids is 1. The quantitative estimate of drug-likeness (QED) is 0.728. The number of carbonyl (C=O) groups is 2. The maximum Gasteiger partial charge on any atom is 0.319 e. The molecule has 1 aromatic rings. The van der Waals surface area contributed by atoms with E-state index in [1.54, 1.807) is 6.92 Å². The van der Waals surface area contributed by atoms with E-state index in [0.717, 1.165) is 0 Å². The SMILES string of the molecule is CC(NC(=O)Nc1cc(Cl)c(Cl)cc1Cl)C(C)C(=O)O. The van der Waals surface area contributed by atoms with Gasteiger partial charge in [-0.05, 0) is 26.0 Å². The van der Waals surface area contributed by atoms with Crippen molar-refractivity contribution in [1.82, 2.24) is 5.32 Å². The highest BCUT2D eigenvalue weighted by atomic mass is 35.5. The molecule has 1 aromatic carbocycles. The molecule has 8 heteroatoms. The Hall–Kier alpha value is -1.17. The van der Waals surface area contributed by atoms with E-state index < -0.39 is 24.0 Å². The van der Waals surface area contributed by atoms with Gasteiger partial charge in [-0.1, -0.05) is 34.8 Å². The number of rotatable bonds is 4. The Labute approximate surface area is 131 Å². The number of hydrogen-bond donors (Lipinski definition) is 3. The summed E-state index contributed by atoms with van der Waals surface area (Å²) in [6.07, 6.45) is 0. The average molecular weight is 340 g/mol. The van der Waals surface area contributed by atoms with Crippen LogP contribution in [0.4, 0.5) is 10.5 Å². The third kappa shape index (κ3) is 4.44. The summed E-state index contributed by atoms with van der Waals surface area (Å²) in [6, 6.07) is 1.70. The highest BCUT2D eigenvalue weighted by Crippen LogP contribution is 2.32. The van der Waals surface area contributed by atoms with E-state index in [9.17, 15) is 9.59 Å². The van der Waals surface area contributed by atoms with Crippen LogP contribution >= 0.6 is 34.8 Å². The Morgan fingerprint density at radius 2 is 1.65 bits per heavy atom. The number of nitrogens with one attached hydrogen (secondary N) is 2. The third-order valence-electron chi connectivity index (χ3n) is 2.76. The number of halogens is 3. The highest BCUT2D eigenvalue weighted by molar-refractivity contribution is 6.44. The topological polar surface area (TPSA) is 78.4 Å². The number of amides is 2. The van der Waals surface area contributed by atoms with E-state index in [0.29, 0.717) is 0 Å². The molecular weight excluding hydrogens is 327 g/mol. The summed E-state index contributed by atoms with van der Waals surface area (Å²) >= 11 is 17.5. The minimum absolute atomic E-state index is 0.230. The molecule has 2 amide bonds. The minimum atomic E-state index is -0.995. The molecule has 0 aliphatic heterocycles. The van der Waals surface area contributed by atoms with Crippen LogP contribution in [0.15, 0.2) is 12.1 Å². The molecule has 0 bridgehead atoms. The summed E-state index contributed by atoms with van der Waals surface area (Å²) in [5.74, 6) is -1.71. The van der Waals surface area contributed by atoms with Crippen LogP contribution < -0.4 is 10.6 Å². The molecule has 0 saturated heterocycles. The summed E-state index contributed by atoms with van der Waals surface area (Å²) in [7, 11) is 0. The molecule has 0 aliphatic carbocycles. The second-order valence-corrected chi connectivity index (χ2v) is 5.48. The Bertz CT molecular complexity index is 537. The van der Waals surface area contributed by atoms with Crippen LogP contribution in [-0.2, 0) is 4.79 Å². The van der Waals surface area contributed by atoms with Crippen LogP contribution in [0.2, 0.25) is 15.1 Å². The molecule has 0 radical (unpaired) electrons. The van der Waals surface area contributed by atoms with E-state index in [1.807, 2.05) is 0 Å². The summed E-state index contributed by atoms with van der Waals surface area (Å²) in [4.78, 5) is 22.5. The number of anilines is 1. The molecule has 20 heavy (non-hydrogen) atoms. The molecule has 1 rings (SSSR count). The monoisotopic (exact) mass is 338 g/mol. The standard InChI is InChI=1S/C12H13Cl3N2O3/c1-5(11(18)19)6(2)16-12(20)17-10-4-8(14)7(13)3-9(10)15/h3-6H,1-2H3,(H,18,19)(H2,16,17,20). The fraction of sp³-hybridized carbons (Fsp3) is 0.333. The second kappa shape index (κ2) is 7.02. The van der Waals surface area contributed by atoms with Crippen LogP contribution in [0.25, 0.3) is 0 Å². The largest absolute Gasteiger partial charge is 0.481 e. The van der Waals surface area contributed by atoms with Gasteiger partial charge < -0.3 is 15.7 Å². The van der Waals surface area contributed by atoms with E-state index in [-0.39, 0.29) is 20.8 Å². The van der Waals surface area contributed by atoms with Crippen LogP contribution in [0.1, 0.15) is 13.8 Å². The van der Waals surface area contributed by atoms with Crippen molar-refractivity contribution >= 4 is 52.5 Å². The lowest BCUT2D eigenvalue weighted by Crippen LogP contribution is -2.42. The van der Waals surface area contributed by atoms with E-state index in [4.69, 9.17) is 39.9 Å². The highest BCUT2D eigenvalue weighted by Gasteiger charge is 2.21. The molecular formula is C12H13Cl3N2O3. The summed E-state index contributed by atoms with van der Waals surface area (Å²) in [5.41, 5.74) is 0.286. The number of carboxylic acid groups (broad SMARTS) is 1. The molecule has 0 saturated carbocycles. The van der Waals surface area contributed by atoms with Gasteiger partial charge in [0, 0.05) is 6.04 Å². The Kier molecular flexibility index (Phi) is 5.92. The molecule has 2 unspecified atom stereocenters. The Morgan fingerprint density at radius 3 is 2.20 bits per heavy atom. The first kappa shape index (κ1) is 16.9. The van der Waals surface area contributed by atoms with E-state index in [2.05, 4.69) is 10.6 Å². The Morgan fingerprint density at radius 1 is 1.10 bits per heavy atom. The summed E-state index contributed by atoms with van der Waals surface area (Å²) in [5, 5.41) is 14.6. The molecule has 2 atom stereocenters. The first-order valence-corrected chi connectivity index (χ1v) is 6.80. The average Bonchev–Trinajstić information content (AvgIpc) is 2.34. The van der Waals surface area contributed by atoms with Gasteiger partial charge in [0.25, 0.3) is 0 Å². The van der Waals surface area contributed by atoms with Crippen molar-refractivity contribution in [3.63, 3.8) is 0 Å². The molecule has 0 spiro atoms. The maximum atomic E-state index is 11.7. The van der Waals surface area contributed by atoms with Crippen molar-refractivity contribution in [2.75, 3.05) is 5.32 Å². The fourth-order valence-electron chi connectivity index (χ4n) is 1.32. The zero-order valence-electron chi connectivity index (χ0n) is 10.7. The molecule has 0 aliphatic rings. The second-order valence-electron chi connectivity index (χ2n) is 4.26. The zero-order chi connectivity index (χ0) is 15.4. The van der Waals surface area contributed by atoms with Gasteiger partial charge in [-0.3, -0.25) is 4.79 Å². The summed E-state index contributed by atoms with van der Waals surface area (Å²) in [6.45, 7) is 3.09. The summed E-state index contributed by atoms with van der Waals surface area (Å²) < 4.78 is 0. The predicted octanol–water partition coefficient (Wildman–Crippen LogP) is 3.88. The molecule has 5 nitrogen and oxygen atoms in total. The van der Waals surface area contributed by atoms with Crippen LogP contribution in [-0.4, -0.2) is 23.1 Å². The zero-order valence-corrected chi connectivity index (χ0v) is 13.0. The van der Waals surface area contributed by atoms with Gasteiger partial charge in [0.2, 0.25) is 0 Å².